The van der Waals surface area contributed by atoms with E-state index < -0.39 is 0 Å². The molecule has 1 heterocycles. The van der Waals surface area contributed by atoms with Crippen molar-refractivity contribution in [3.05, 3.63) is 0 Å². The van der Waals surface area contributed by atoms with E-state index in [1.165, 1.54) is 38.5 Å². The Morgan fingerprint density at radius 3 is 2.56 bits per heavy atom. The maximum atomic E-state index is 12.0. The van der Waals surface area contributed by atoms with E-state index in [0.717, 1.165) is 25.4 Å². The summed E-state index contributed by atoms with van der Waals surface area (Å²) in [5, 5.41) is 6.46. The molecule has 3 nitrogen and oxygen atoms in total. The van der Waals surface area contributed by atoms with Crippen LogP contribution in [0.5, 0.6) is 0 Å². The molecule has 1 aliphatic heterocycles. The largest absolute Gasteiger partial charge is 0.354 e. The summed E-state index contributed by atoms with van der Waals surface area (Å²) in [6.45, 7) is 4.21. The molecule has 0 bridgehead atoms. The zero-order valence-electron chi connectivity index (χ0n) is 11.4. The maximum absolute atomic E-state index is 12.0. The number of halogens is 1. The zero-order valence-corrected chi connectivity index (χ0v) is 12.2. The predicted octanol–water partition coefficient (Wildman–Crippen LogP) is 2.49. The van der Waals surface area contributed by atoms with E-state index in [9.17, 15) is 4.79 Å². The van der Waals surface area contributed by atoms with Crippen LogP contribution in [0.4, 0.5) is 0 Å². The minimum absolute atomic E-state index is 0. The van der Waals surface area contributed by atoms with Gasteiger partial charge in [0.15, 0.2) is 0 Å². The Bertz CT molecular complexity index is 254. The van der Waals surface area contributed by atoms with Gasteiger partial charge in [0.1, 0.15) is 0 Å². The van der Waals surface area contributed by atoms with Crippen molar-refractivity contribution in [2.45, 2.75) is 57.9 Å². The molecule has 3 atom stereocenters. The lowest BCUT2D eigenvalue weighted by molar-refractivity contribution is -0.124. The van der Waals surface area contributed by atoms with Crippen molar-refractivity contribution >= 4 is 18.3 Å². The Morgan fingerprint density at radius 1 is 1.17 bits per heavy atom. The lowest BCUT2D eigenvalue weighted by Crippen LogP contribution is -2.48. The molecule has 2 rings (SSSR count). The van der Waals surface area contributed by atoms with Crippen LogP contribution in [-0.2, 0) is 4.79 Å². The van der Waals surface area contributed by atoms with Crippen molar-refractivity contribution in [2.24, 2.45) is 11.8 Å². The standard InChI is InChI=1S/C14H26N2O.ClH/c1-11-6-2-3-7-12(11)10-16-14(17)13-8-4-5-9-15-13;/h11-13,15H,2-10H2,1H3,(H,16,17);1H. The fourth-order valence-corrected chi connectivity index (χ4v) is 3.13. The highest BCUT2D eigenvalue weighted by molar-refractivity contribution is 5.85. The summed E-state index contributed by atoms with van der Waals surface area (Å²) < 4.78 is 0. The Hall–Kier alpha value is -0.280. The van der Waals surface area contributed by atoms with Gasteiger partial charge in [-0.25, -0.2) is 0 Å². The van der Waals surface area contributed by atoms with Gasteiger partial charge in [0.05, 0.1) is 6.04 Å². The summed E-state index contributed by atoms with van der Waals surface area (Å²) in [7, 11) is 0. The van der Waals surface area contributed by atoms with E-state index in [1.54, 1.807) is 0 Å². The summed E-state index contributed by atoms with van der Waals surface area (Å²) in [5.74, 6) is 1.71. The maximum Gasteiger partial charge on any atom is 0.237 e. The van der Waals surface area contributed by atoms with Crippen molar-refractivity contribution in [3.63, 3.8) is 0 Å². The molecule has 2 aliphatic rings. The second-order valence-electron chi connectivity index (χ2n) is 5.77. The number of piperidine rings is 1. The first-order valence-electron chi connectivity index (χ1n) is 7.28. The summed E-state index contributed by atoms with van der Waals surface area (Å²) in [5.41, 5.74) is 0. The molecule has 18 heavy (non-hydrogen) atoms. The predicted molar refractivity (Wildman–Crippen MR) is 77.0 cm³/mol. The molecule has 0 spiro atoms. The Labute approximate surface area is 117 Å². The number of carbonyl (C=O) groups excluding carboxylic acids is 1. The SMILES string of the molecule is CC1CCCCC1CNC(=O)C1CCCCN1.Cl. The van der Waals surface area contributed by atoms with Crippen molar-refractivity contribution in [1.82, 2.24) is 10.6 Å². The normalized spacial score (nSPS) is 32.4. The highest BCUT2D eigenvalue weighted by Gasteiger charge is 2.24. The van der Waals surface area contributed by atoms with Crippen molar-refractivity contribution in [2.75, 3.05) is 13.1 Å². The fourth-order valence-electron chi connectivity index (χ4n) is 3.13. The Balaban J connectivity index is 0.00000162. The molecule has 0 aromatic rings. The molecule has 0 aromatic carbocycles. The summed E-state index contributed by atoms with van der Waals surface area (Å²) in [6.07, 6.45) is 8.74. The molecule has 2 N–H and O–H groups in total. The topological polar surface area (TPSA) is 41.1 Å². The lowest BCUT2D eigenvalue weighted by atomic mass is 9.80. The van der Waals surface area contributed by atoms with Crippen molar-refractivity contribution in [3.8, 4) is 0 Å². The van der Waals surface area contributed by atoms with Crippen LogP contribution in [0.3, 0.4) is 0 Å². The van der Waals surface area contributed by atoms with E-state index in [4.69, 9.17) is 0 Å². The van der Waals surface area contributed by atoms with Crippen LogP contribution in [0, 0.1) is 11.8 Å². The first-order valence-corrected chi connectivity index (χ1v) is 7.28. The molecule has 1 saturated heterocycles. The molecule has 4 heteroatoms. The third-order valence-corrected chi connectivity index (χ3v) is 4.45. The third kappa shape index (κ3) is 4.43. The highest BCUT2D eigenvalue weighted by atomic mass is 35.5. The van der Waals surface area contributed by atoms with Gasteiger partial charge < -0.3 is 10.6 Å². The highest BCUT2D eigenvalue weighted by Crippen LogP contribution is 2.28. The molecule has 2 fully saturated rings. The van der Waals surface area contributed by atoms with E-state index in [-0.39, 0.29) is 24.4 Å². The second kappa shape index (κ2) is 8.00. The van der Waals surface area contributed by atoms with Gasteiger partial charge in [-0.2, -0.15) is 0 Å². The Kier molecular flexibility index (Phi) is 7.02. The van der Waals surface area contributed by atoms with Gasteiger partial charge in [0.2, 0.25) is 5.91 Å². The van der Waals surface area contributed by atoms with Gasteiger partial charge >= 0.3 is 0 Å². The van der Waals surface area contributed by atoms with Crippen LogP contribution in [0.1, 0.15) is 51.9 Å². The molecule has 3 unspecified atom stereocenters. The van der Waals surface area contributed by atoms with E-state index in [0.29, 0.717) is 5.92 Å². The number of rotatable bonds is 3. The molecule has 1 amide bonds. The van der Waals surface area contributed by atoms with E-state index in [1.807, 2.05) is 0 Å². The average molecular weight is 275 g/mol. The number of amides is 1. The number of hydrogen-bond acceptors (Lipinski definition) is 2. The molecule has 106 valence electrons. The second-order valence-corrected chi connectivity index (χ2v) is 5.77. The van der Waals surface area contributed by atoms with Gasteiger partial charge in [0.25, 0.3) is 0 Å². The summed E-state index contributed by atoms with van der Waals surface area (Å²) >= 11 is 0. The monoisotopic (exact) mass is 274 g/mol. The lowest BCUT2D eigenvalue weighted by Gasteiger charge is -2.30. The third-order valence-electron chi connectivity index (χ3n) is 4.45. The molecular weight excluding hydrogens is 248 g/mol. The molecule has 0 radical (unpaired) electrons. The van der Waals surface area contributed by atoms with Gasteiger partial charge in [0, 0.05) is 6.54 Å². The number of hydrogen-bond donors (Lipinski definition) is 2. The van der Waals surface area contributed by atoms with Gasteiger partial charge in [-0.1, -0.05) is 32.6 Å². The van der Waals surface area contributed by atoms with E-state index in [2.05, 4.69) is 17.6 Å². The summed E-state index contributed by atoms with van der Waals surface area (Å²) in [4.78, 5) is 12.0. The average Bonchev–Trinajstić information content (AvgIpc) is 2.38. The van der Waals surface area contributed by atoms with Crippen LogP contribution in [-0.4, -0.2) is 25.0 Å². The fraction of sp³-hybridized carbons (Fsp3) is 0.929. The molecule has 1 aliphatic carbocycles. The zero-order chi connectivity index (χ0) is 12.1. The van der Waals surface area contributed by atoms with Crippen molar-refractivity contribution in [1.29, 1.82) is 0 Å². The van der Waals surface area contributed by atoms with Crippen molar-refractivity contribution < 1.29 is 4.79 Å². The quantitative estimate of drug-likeness (QED) is 0.830. The minimum Gasteiger partial charge on any atom is -0.354 e. The first kappa shape index (κ1) is 15.8. The smallest absolute Gasteiger partial charge is 0.237 e. The Morgan fingerprint density at radius 2 is 1.89 bits per heavy atom. The van der Waals surface area contributed by atoms with Crippen LogP contribution in [0.15, 0.2) is 0 Å². The van der Waals surface area contributed by atoms with Crippen LogP contribution in [0.25, 0.3) is 0 Å². The van der Waals surface area contributed by atoms with Gasteiger partial charge in [-0.3, -0.25) is 4.79 Å². The van der Waals surface area contributed by atoms with Gasteiger partial charge in [-0.05, 0) is 37.6 Å². The molecule has 0 aromatic heterocycles. The van der Waals surface area contributed by atoms with E-state index >= 15 is 0 Å². The number of nitrogens with one attached hydrogen (secondary N) is 2. The number of carbonyl (C=O) groups is 1. The van der Waals surface area contributed by atoms with Crippen LogP contribution < -0.4 is 10.6 Å². The van der Waals surface area contributed by atoms with Crippen LogP contribution in [0.2, 0.25) is 0 Å². The summed E-state index contributed by atoms with van der Waals surface area (Å²) in [6, 6.07) is 0.0719. The van der Waals surface area contributed by atoms with Gasteiger partial charge in [-0.15, -0.1) is 12.4 Å². The molecular formula is C14H27ClN2O. The molecule has 1 saturated carbocycles. The minimum atomic E-state index is 0. The first-order chi connectivity index (χ1) is 8.27. The van der Waals surface area contributed by atoms with Crippen LogP contribution >= 0.6 is 12.4 Å².